The molecule has 1 saturated heterocycles. The van der Waals surface area contributed by atoms with Crippen molar-refractivity contribution in [3.8, 4) is 0 Å². The number of aliphatic hydroxyl groups excluding tert-OH is 1. The Kier molecular flexibility index (Phi) is 4.86. The number of nitrogens with one attached hydrogen (secondary N) is 1. The van der Waals surface area contributed by atoms with E-state index in [0.29, 0.717) is 26.1 Å². The summed E-state index contributed by atoms with van der Waals surface area (Å²) in [5.41, 5.74) is 0. The number of aromatic nitrogens is 3. The molecule has 1 aliphatic rings. The lowest BCUT2D eigenvalue weighted by molar-refractivity contribution is -0.122. The Labute approximate surface area is 112 Å². The number of hydrogen-bond donors (Lipinski definition) is 2. The molecule has 1 atom stereocenters. The maximum atomic E-state index is 11.8. The third-order valence-electron chi connectivity index (χ3n) is 3.32. The molecule has 0 aromatic carbocycles. The van der Waals surface area contributed by atoms with Gasteiger partial charge in [-0.2, -0.15) is 5.10 Å². The van der Waals surface area contributed by atoms with E-state index in [1.807, 2.05) is 11.9 Å². The molecular formula is C12H21N5O2. The molecule has 2 heterocycles. The Balaban J connectivity index is 1.66. The lowest BCUT2D eigenvalue weighted by Crippen LogP contribution is -2.44. The predicted molar refractivity (Wildman–Crippen MR) is 69.4 cm³/mol. The van der Waals surface area contributed by atoms with Gasteiger partial charge < -0.3 is 10.4 Å². The van der Waals surface area contributed by atoms with E-state index >= 15 is 0 Å². The monoisotopic (exact) mass is 267 g/mol. The molecule has 1 unspecified atom stereocenters. The molecule has 0 aliphatic carbocycles. The molecule has 1 amide bonds. The molecule has 7 nitrogen and oxygen atoms in total. The lowest BCUT2D eigenvalue weighted by atomic mass is 10.1. The summed E-state index contributed by atoms with van der Waals surface area (Å²) in [4.78, 5) is 17.8. The quantitative estimate of drug-likeness (QED) is 0.710. The van der Waals surface area contributed by atoms with E-state index in [1.165, 1.54) is 6.33 Å². The molecule has 0 spiro atoms. The first kappa shape index (κ1) is 14.0. The van der Waals surface area contributed by atoms with Crippen molar-refractivity contribution in [2.75, 3.05) is 26.2 Å². The second-order valence-electron chi connectivity index (χ2n) is 4.93. The molecule has 7 heteroatoms. The molecule has 1 aliphatic heterocycles. The summed E-state index contributed by atoms with van der Waals surface area (Å²) < 4.78 is 1.70. The van der Waals surface area contributed by atoms with E-state index in [9.17, 15) is 9.90 Å². The fourth-order valence-corrected chi connectivity index (χ4v) is 2.29. The lowest BCUT2D eigenvalue weighted by Gasteiger charge is -2.29. The van der Waals surface area contributed by atoms with Crippen LogP contribution in [0.3, 0.4) is 0 Å². The Hall–Kier alpha value is -1.47. The predicted octanol–water partition coefficient (Wildman–Crippen LogP) is -1.07. The standard InChI is InChI=1S/C12H21N5O2/c1-16-11(14-9-15-16)4-5-13-12(19)8-17-6-2-3-10(18)7-17/h9-10,18H,2-8H2,1H3,(H,13,19). The molecule has 0 saturated carbocycles. The fraction of sp³-hybridized carbons (Fsp3) is 0.750. The molecule has 0 radical (unpaired) electrons. The normalized spacial score (nSPS) is 20.4. The van der Waals surface area contributed by atoms with Gasteiger partial charge in [-0.3, -0.25) is 14.4 Å². The van der Waals surface area contributed by atoms with Crippen molar-refractivity contribution >= 4 is 5.91 Å². The van der Waals surface area contributed by atoms with Gasteiger partial charge in [0.2, 0.25) is 5.91 Å². The minimum atomic E-state index is -0.291. The largest absolute Gasteiger partial charge is 0.392 e. The Bertz CT molecular complexity index is 420. The molecule has 1 aromatic rings. The van der Waals surface area contributed by atoms with Crippen LogP contribution in [0.1, 0.15) is 18.7 Å². The Morgan fingerprint density at radius 1 is 1.63 bits per heavy atom. The minimum absolute atomic E-state index is 0.00346. The highest BCUT2D eigenvalue weighted by molar-refractivity contribution is 5.78. The number of aliphatic hydroxyl groups is 1. The van der Waals surface area contributed by atoms with Crippen LogP contribution in [0, 0.1) is 0 Å². The van der Waals surface area contributed by atoms with Crippen LogP contribution in [0.25, 0.3) is 0 Å². The topological polar surface area (TPSA) is 83.3 Å². The van der Waals surface area contributed by atoms with E-state index < -0.39 is 0 Å². The highest BCUT2D eigenvalue weighted by atomic mass is 16.3. The number of piperidine rings is 1. The van der Waals surface area contributed by atoms with E-state index in [-0.39, 0.29) is 12.0 Å². The van der Waals surface area contributed by atoms with Crippen molar-refractivity contribution in [2.45, 2.75) is 25.4 Å². The van der Waals surface area contributed by atoms with Gasteiger partial charge in [0.1, 0.15) is 12.2 Å². The first-order chi connectivity index (χ1) is 9.15. The van der Waals surface area contributed by atoms with Gasteiger partial charge in [-0.25, -0.2) is 4.98 Å². The van der Waals surface area contributed by atoms with Crippen molar-refractivity contribution in [3.05, 3.63) is 12.2 Å². The molecule has 19 heavy (non-hydrogen) atoms. The first-order valence-corrected chi connectivity index (χ1v) is 6.65. The molecular weight excluding hydrogens is 246 g/mol. The zero-order valence-corrected chi connectivity index (χ0v) is 11.2. The maximum absolute atomic E-state index is 11.8. The number of hydrogen-bond acceptors (Lipinski definition) is 5. The van der Waals surface area contributed by atoms with Crippen molar-refractivity contribution in [3.63, 3.8) is 0 Å². The summed E-state index contributed by atoms with van der Waals surface area (Å²) in [5.74, 6) is 0.852. The number of nitrogens with zero attached hydrogens (tertiary/aromatic N) is 4. The molecule has 106 valence electrons. The summed E-state index contributed by atoms with van der Waals surface area (Å²) in [6.45, 7) is 2.39. The molecule has 2 rings (SSSR count). The van der Waals surface area contributed by atoms with E-state index in [2.05, 4.69) is 15.4 Å². The van der Waals surface area contributed by atoms with Gasteiger partial charge in [-0.05, 0) is 19.4 Å². The van der Waals surface area contributed by atoms with Gasteiger partial charge in [-0.1, -0.05) is 0 Å². The van der Waals surface area contributed by atoms with Gasteiger partial charge >= 0.3 is 0 Å². The number of carbonyl (C=O) groups excluding carboxylic acids is 1. The number of β-amino-alcohol motifs (C(OH)–C–C–N with tert-alkyl or cyclic N) is 1. The Morgan fingerprint density at radius 2 is 2.47 bits per heavy atom. The van der Waals surface area contributed by atoms with Crippen molar-refractivity contribution in [1.29, 1.82) is 0 Å². The van der Waals surface area contributed by atoms with E-state index in [0.717, 1.165) is 25.2 Å². The SMILES string of the molecule is Cn1ncnc1CCNC(=O)CN1CCCC(O)C1. The van der Waals surface area contributed by atoms with Crippen LogP contribution in [0.5, 0.6) is 0 Å². The Morgan fingerprint density at radius 3 is 3.16 bits per heavy atom. The number of rotatable bonds is 5. The van der Waals surface area contributed by atoms with Crippen LogP contribution in [0.4, 0.5) is 0 Å². The van der Waals surface area contributed by atoms with Gasteiger partial charge in [0.25, 0.3) is 0 Å². The number of carbonyl (C=O) groups is 1. The van der Waals surface area contributed by atoms with Crippen LogP contribution >= 0.6 is 0 Å². The van der Waals surface area contributed by atoms with Crippen LogP contribution in [-0.2, 0) is 18.3 Å². The number of amides is 1. The maximum Gasteiger partial charge on any atom is 0.234 e. The molecule has 0 bridgehead atoms. The summed E-state index contributed by atoms with van der Waals surface area (Å²) in [7, 11) is 1.83. The fourth-order valence-electron chi connectivity index (χ4n) is 2.29. The molecule has 2 N–H and O–H groups in total. The average molecular weight is 267 g/mol. The van der Waals surface area contributed by atoms with Crippen LogP contribution in [0.2, 0.25) is 0 Å². The summed E-state index contributed by atoms with van der Waals surface area (Å²) in [6, 6.07) is 0. The van der Waals surface area contributed by atoms with Crippen LogP contribution < -0.4 is 5.32 Å². The van der Waals surface area contributed by atoms with Crippen molar-refractivity contribution < 1.29 is 9.90 Å². The van der Waals surface area contributed by atoms with Crippen LogP contribution in [0.15, 0.2) is 6.33 Å². The second kappa shape index (κ2) is 6.63. The third-order valence-corrected chi connectivity index (χ3v) is 3.32. The number of likely N-dealkylation sites (tertiary alicyclic amines) is 1. The highest BCUT2D eigenvalue weighted by Gasteiger charge is 2.19. The summed E-state index contributed by atoms with van der Waals surface area (Å²) in [5, 5.41) is 16.4. The zero-order valence-electron chi connectivity index (χ0n) is 11.2. The van der Waals surface area contributed by atoms with Gasteiger partial charge in [0, 0.05) is 26.6 Å². The highest BCUT2D eigenvalue weighted by Crippen LogP contribution is 2.08. The summed E-state index contributed by atoms with van der Waals surface area (Å²) in [6.07, 6.45) is 3.68. The molecule has 1 fully saturated rings. The van der Waals surface area contributed by atoms with Crippen molar-refractivity contribution in [2.24, 2.45) is 7.05 Å². The van der Waals surface area contributed by atoms with E-state index in [4.69, 9.17) is 0 Å². The average Bonchev–Trinajstić information content (AvgIpc) is 2.75. The van der Waals surface area contributed by atoms with Crippen molar-refractivity contribution in [1.82, 2.24) is 25.0 Å². The number of aryl methyl sites for hydroxylation is 1. The first-order valence-electron chi connectivity index (χ1n) is 6.65. The third kappa shape index (κ3) is 4.29. The van der Waals surface area contributed by atoms with Gasteiger partial charge in [0.15, 0.2) is 0 Å². The minimum Gasteiger partial charge on any atom is -0.392 e. The van der Waals surface area contributed by atoms with Crippen LogP contribution in [-0.4, -0.2) is 63.0 Å². The van der Waals surface area contributed by atoms with E-state index in [1.54, 1.807) is 4.68 Å². The second-order valence-corrected chi connectivity index (χ2v) is 4.93. The molecule has 1 aromatic heterocycles. The van der Waals surface area contributed by atoms with Gasteiger partial charge in [-0.15, -0.1) is 0 Å². The van der Waals surface area contributed by atoms with Gasteiger partial charge in [0.05, 0.1) is 12.6 Å². The zero-order chi connectivity index (χ0) is 13.7. The smallest absolute Gasteiger partial charge is 0.234 e. The summed E-state index contributed by atoms with van der Waals surface area (Å²) >= 11 is 0.